The number of nitrogens with zero attached hydrogens (tertiary/aromatic N) is 3. The number of anilines is 1. The molecule has 16 heavy (non-hydrogen) atoms. The van der Waals surface area contributed by atoms with Gasteiger partial charge in [0.15, 0.2) is 0 Å². The fraction of sp³-hybridized carbons (Fsp3) is 0.444. The molecule has 0 amide bonds. The first-order valence-electron chi connectivity index (χ1n) is 4.68. The van der Waals surface area contributed by atoms with Crippen LogP contribution in [-0.4, -0.2) is 35.2 Å². The van der Waals surface area contributed by atoms with E-state index >= 15 is 0 Å². The van der Waals surface area contributed by atoms with Gasteiger partial charge in [0.2, 0.25) is 5.71 Å². The first kappa shape index (κ1) is 12.0. The maximum Gasteiger partial charge on any atom is 0.362 e. The molecule has 0 aromatic carbocycles. The first-order valence-corrected chi connectivity index (χ1v) is 4.68. The zero-order valence-corrected chi connectivity index (χ0v) is 9.43. The Morgan fingerprint density at radius 3 is 2.81 bits per heavy atom. The topological polar surface area (TPSA) is 91.7 Å². The van der Waals surface area contributed by atoms with Crippen LogP contribution >= 0.6 is 0 Å². The van der Waals surface area contributed by atoms with E-state index in [4.69, 9.17) is 10.5 Å². The number of esters is 1. The molecule has 0 fully saturated rings. The zero-order valence-electron chi connectivity index (χ0n) is 9.43. The maximum atomic E-state index is 11.6. The summed E-state index contributed by atoms with van der Waals surface area (Å²) in [5.74, 6) is -0.280. The predicted molar refractivity (Wildman–Crippen MR) is 57.8 cm³/mol. The number of oxime groups is 1. The van der Waals surface area contributed by atoms with Gasteiger partial charge >= 0.3 is 5.97 Å². The zero-order chi connectivity index (χ0) is 12.1. The van der Waals surface area contributed by atoms with Gasteiger partial charge in [0.25, 0.3) is 0 Å². The highest BCUT2D eigenvalue weighted by Crippen LogP contribution is 2.07. The molecule has 0 atom stereocenters. The molecule has 0 radical (unpaired) electrons. The number of aromatic nitrogens is 2. The predicted octanol–water partition coefficient (Wildman–Crippen LogP) is -0.0841. The van der Waals surface area contributed by atoms with Crippen molar-refractivity contribution >= 4 is 17.5 Å². The minimum atomic E-state index is -0.577. The summed E-state index contributed by atoms with van der Waals surface area (Å²) in [7, 11) is 3.00. The van der Waals surface area contributed by atoms with E-state index in [1.807, 2.05) is 0 Å². The van der Waals surface area contributed by atoms with E-state index in [2.05, 4.69) is 15.1 Å². The van der Waals surface area contributed by atoms with Gasteiger partial charge in [0, 0.05) is 13.1 Å². The van der Waals surface area contributed by atoms with E-state index in [1.54, 1.807) is 14.0 Å². The van der Waals surface area contributed by atoms with Crippen molar-refractivity contribution in [3.8, 4) is 0 Å². The van der Waals surface area contributed by atoms with Gasteiger partial charge in [-0.05, 0) is 6.92 Å². The van der Waals surface area contributed by atoms with Gasteiger partial charge in [-0.15, -0.1) is 0 Å². The summed E-state index contributed by atoms with van der Waals surface area (Å²) in [4.78, 5) is 16.2. The van der Waals surface area contributed by atoms with Crippen molar-refractivity contribution in [2.45, 2.75) is 6.92 Å². The number of ether oxygens (including phenoxy) is 1. The second kappa shape index (κ2) is 5.15. The molecule has 1 aromatic heterocycles. The molecule has 0 aliphatic heterocycles. The summed E-state index contributed by atoms with van der Waals surface area (Å²) >= 11 is 0. The molecule has 0 saturated heterocycles. The van der Waals surface area contributed by atoms with Gasteiger partial charge in [-0.1, -0.05) is 5.16 Å². The molecule has 0 spiro atoms. The Hall–Kier alpha value is -2.05. The molecule has 1 aromatic rings. The van der Waals surface area contributed by atoms with Crippen LogP contribution in [0.15, 0.2) is 11.2 Å². The molecule has 2 N–H and O–H groups in total. The number of carbonyl (C=O) groups excluding carboxylic acids is 1. The molecule has 88 valence electrons. The molecule has 7 heteroatoms. The molecule has 1 heterocycles. The van der Waals surface area contributed by atoms with Crippen LogP contribution < -0.4 is 5.73 Å². The second-order valence-corrected chi connectivity index (χ2v) is 2.92. The lowest BCUT2D eigenvalue weighted by atomic mass is 10.2. The summed E-state index contributed by atoms with van der Waals surface area (Å²) in [5, 5.41) is 7.52. The molecule has 0 aliphatic rings. The van der Waals surface area contributed by atoms with Crippen LogP contribution in [0.4, 0.5) is 5.82 Å². The van der Waals surface area contributed by atoms with Gasteiger partial charge in [-0.25, -0.2) is 4.79 Å². The third-order valence-corrected chi connectivity index (χ3v) is 1.79. The van der Waals surface area contributed by atoms with Crippen molar-refractivity contribution in [1.29, 1.82) is 0 Å². The average Bonchev–Trinajstić information content (AvgIpc) is 2.54. The Bertz CT molecular complexity index is 411. The van der Waals surface area contributed by atoms with Crippen LogP contribution in [0.2, 0.25) is 0 Å². The van der Waals surface area contributed by atoms with Crippen molar-refractivity contribution in [2.24, 2.45) is 12.2 Å². The minimum absolute atomic E-state index is 0.0380. The van der Waals surface area contributed by atoms with Crippen molar-refractivity contribution in [1.82, 2.24) is 9.78 Å². The number of carbonyl (C=O) groups is 1. The van der Waals surface area contributed by atoms with E-state index < -0.39 is 5.97 Å². The first-order chi connectivity index (χ1) is 7.60. The lowest BCUT2D eigenvalue weighted by Gasteiger charge is -2.04. The Morgan fingerprint density at radius 1 is 1.69 bits per heavy atom. The molecule has 0 unspecified atom stereocenters. The van der Waals surface area contributed by atoms with Crippen molar-refractivity contribution in [3.63, 3.8) is 0 Å². The van der Waals surface area contributed by atoms with Gasteiger partial charge in [-0.2, -0.15) is 5.10 Å². The van der Waals surface area contributed by atoms with Gasteiger partial charge in [0.05, 0.1) is 12.3 Å². The largest absolute Gasteiger partial charge is 0.461 e. The summed E-state index contributed by atoms with van der Waals surface area (Å²) in [6.45, 7) is 1.97. The second-order valence-electron chi connectivity index (χ2n) is 2.92. The Labute approximate surface area is 92.8 Å². The van der Waals surface area contributed by atoms with E-state index in [0.29, 0.717) is 11.5 Å². The van der Waals surface area contributed by atoms with Crippen LogP contribution in [0.1, 0.15) is 12.6 Å². The summed E-state index contributed by atoms with van der Waals surface area (Å²) in [6, 6.07) is 1.52. The summed E-state index contributed by atoms with van der Waals surface area (Å²) < 4.78 is 6.28. The Kier molecular flexibility index (Phi) is 3.87. The standard InChI is InChI=1S/C9H14N4O3/c1-4-16-9(14)8(12-15-3)6-5-7(10)11-13(6)2/h5H,4H2,1-3H3,(H2,10,11). The number of nitrogen functional groups attached to an aromatic ring is 1. The van der Waals surface area contributed by atoms with E-state index in [0.717, 1.165) is 0 Å². The number of aryl methyl sites for hydroxylation is 1. The van der Waals surface area contributed by atoms with Crippen molar-refractivity contribution < 1.29 is 14.4 Å². The average molecular weight is 226 g/mol. The number of hydrogen-bond acceptors (Lipinski definition) is 6. The van der Waals surface area contributed by atoms with Crippen molar-refractivity contribution in [2.75, 3.05) is 19.5 Å². The fourth-order valence-electron chi connectivity index (χ4n) is 1.19. The van der Waals surface area contributed by atoms with Gasteiger partial charge < -0.3 is 15.3 Å². The molecule has 0 aliphatic carbocycles. The lowest BCUT2D eigenvalue weighted by Crippen LogP contribution is -2.21. The highest BCUT2D eigenvalue weighted by molar-refractivity contribution is 6.42. The van der Waals surface area contributed by atoms with Crippen LogP contribution in [0.25, 0.3) is 0 Å². The molecular weight excluding hydrogens is 212 g/mol. The van der Waals surface area contributed by atoms with E-state index in [-0.39, 0.29) is 12.3 Å². The molecule has 7 nitrogen and oxygen atoms in total. The molecule has 0 saturated carbocycles. The number of hydrogen-bond donors (Lipinski definition) is 1. The smallest absolute Gasteiger partial charge is 0.362 e. The maximum absolute atomic E-state index is 11.6. The summed E-state index contributed by atoms with van der Waals surface area (Å²) in [5.41, 5.74) is 5.99. The fourth-order valence-corrected chi connectivity index (χ4v) is 1.19. The van der Waals surface area contributed by atoms with Crippen LogP contribution in [0.3, 0.4) is 0 Å². The van der Waals surface area contributed by atoms with Gasteiger partial charge in [-0.3, -0.25) is 4.68 Å². The molecule has 0 bridgehead atoms. The van der Waals surface area contributed by atoms with Crippen LogP contribution in [-0.2, 0) is 21.4 Å². The minimum Gasteiger partial charge on any atom is -0.461 e. The number of nitrogens with two attached hydrogens (primary N) is 1. The van der Waals surface area contributed by atoms with E-state index in [1.165, 1.54) is 17.9 Å². The Balaban J connectivity index is 3.08. The third-order valence-electron chi connectivity index (χ3n) is 1.79. The third kappa shape index (κ3) is 2.50. The molecular formula is C9H14N4O3. The normalized spacial score (nSPS) is 11.3. The monoisotopic (exact) mass is 226 g/mol. The summed E-state index contributed by atoms with van der Waals surface area (Å²) in [6.07, 6.45) is 0. The van der Waals surface area contributed by atoms with Crippen LogP contribution in [0.5, 0.6) is 0 Å². The van der Waals surface area contributed by atoms with Gasteiger partial charge in [0.1, 0.15) is 12.9 Å². The highest BCUT2D eigenvalue weighted by Gasteiger charge is 2.20. The molecule has 1 rings (SSSR count). The van der Waals surface area contributed by atoms with Crippen molar-refractivity contribution in [3.05, 3.63) is 11.8 Å². The lowest BCUT2D eigenvalue weighted by molar-refractivity contribution is -0.135. The quantitative estimate of drug-likeness (QED) is 0.440. The highest BCUT2D eigenvalue weighted by atomic mass is 16.6. The SMILES string of the molecule is CCOC(=O)C(=NOC)c1cc(N)nn1C. The number of rotatable bonds is 4. The van der Waals surface area contributed by atoms with Crippen LogP contribution in [0, 0.1) is 0 Å². The Morgan fingerprint density at radius 2 is 2.38 bits per heavy atom. The van der Waals surface area contributed by atoms with E-state index in [9.17, 15) is 4.79 Å².